The molecule has 4 heterocycles. The van der Waals surface area contributed by atoms with Gasteiger partial charge in [0.1, 0.15) is 5.75 Å². The zero-order chi connectivity index (χ0) is 25.4. The van der Waals surface area contributed by atoms with Gasteiger partial charge in [-0.2, -0.15) is 0 Å². The van der Waals surface area contributed by atoms with Crippen LogP contribution >= 0.6 is 12.2 Å². The minimum Gasteiger partial charge on any atom is -0.495 e. The molecule has 2 aromatic heterocycles. The summed E-state index contributed by atoms with van der Waals surface area (Å²) in [4.78, 5) is 18.0. The third-order valence-electron chi connectivity index (χ3n) is 7.03. The van der Waals surface area contributed by atoms with Crippen molar-refractivity contribution in [1.29, 1.82) is 0 Å². The van der Waals surface area contributed by atoms with E-state index in [0.717, 1.165) is 42.1 Å². The number of nitrogens with one attached hydrogen (secondary N) is 1. The highest BCUT2D eigenvalue weighted by Crippen LogP contribution is 2.42. The van der Waals surface area contributed by atoms with Crippen LogP contribution in [0.1, 0.15) is 47.6 Å². The van der Waals surface area contributed by atoms with Gasteiger partial charge in [-0.25, -0.2) is 0 Å². The molecule has 3 atom stereocenters. The number of aryl methyl sites for hydroxylation is 1. The highest BCUT2D eigenvalue weighted by Gasteiger charge is 2.42. The van der Waals surface area contributed by atoms with E-state index < -0.39 is 4.92 Å². The molecular formula is C26H29N5O4S. The Morgan fingerprint density at radius 1 is 1.28 bits per heavy atom. The van der Waals surface area contributed by atoms with E-state index in [1.807, 2.05) is 36.6 Å². The maximum Gasteiger partial charge on any atom is 0.271 e. The van der Waals surface area contributed by atoms with Crippen LogP contribution in [0, 0.1) is 24.0 Å². The van der Waals surface area contributed by atoms with Crippen LogP contribution in [-0.4, -0.2) is 50.9 Å². The smallest absolute Gasteiger partial charge is 0.271 e. The van der Waals surface area contributed by atoms with Crippen molar-refractivity contribution in [3.8, 4) is 11.4 Å². The van der Waals surface area contributed by atoms with Gasteiger partial charge >= 0.3 is 0 Å². The summed E-state index contributed by atoms with van der Waals surface area (Å²) in [5, 5.41) is 15.7. The fourth-order valence-corrected chi connectivity index (χ4v) is 5.69. The molecule has 0 spiro atoms. The Morgan fingerprint density at radius 3 is 2.78 bits per heavy atom. The van der Waals surface area contributed by atoms with Crippen LogP contribution in [0.25, 0.3) is 5.69 Å². The van der Waals surface area contributed by atoms with Gasteiger partial charge in [0, 0.05) is 42.9 Å². The third kappa shape index (κ3) is 4.31. The second-order valence-electron chi connectivity index (χ2n) is 9.19. The molecule has 5 rings (SSSR count). The summed E-state index contributed by atoms with van der Waals surface area (Å²) in [6, 6.07) is 12.4. The molecule has 1 N–H and O–H groups in total. The third-order valence-corrected chi connectivity index (χ3v) is 7.38. The maximum absolute atomic E-state index is 11.5. The molecule has 3 aromatic rings. The van der Waals surface area contributed by atoms with E-state index in [-0.39, 0.29) is 23.9 Å². The van der Waals surface area contributed by atoms with E-state index in [9.17, 15) is 10.1 Å². The summed E-state index contributed by atoms with van der Waals surface area (Å²) in [5.74, 6) is 0.562. The van der Waals surface area contributed by atoms with Gasteiger partial charge in [-0.05, 0) is 68.7 Å². The molecule has 0 aliphatic carbocycles. The summed E-state index contributed by atoms with van der Waals surface area (Å²) in [7, 11) is 1.57. The predicted molar refractivity (Wildman–Crippen MR) is 140 cm³/mol. The lowest BCUT2D eigenvalue weighted by Crippen LogP contribution is -2.36. The van der Waals surface area contributed by atoms with Crippen LogP contribution in [-0.2, 0) is 4.74 Å². The predicted octanol–water partition coefficient (Wildman–Crippen LogP) is 4.56. The molecule has 0 saturated carbocycles. The van der Waals surface area contributed by atoms with Gasteiger partial charge in [-0.3, -0.25) is 15.1 Å². The molecule has 2 fully saturated rings. The molecule has 2 saturated heterocycles. The Bertz CT molecular complexity index is 1290. The lowest BCUT2D eigenvalue weighted by molar-refractivity contribution is -0.384. The number of pyridine rings is 1. The summed E-state index contributed by atoms with van der Waals surface area (Å²) in [5.41, 5.74) is 4.51. The Labute approximate surface area is 215 Å². The van der Waals surface area contributed by atoms with Crippen molar-refractivity contribution in [3.63, 3.8) is 0 Å². The normalized spacial score (nSPS) is 21.6. The van der Waals surface area contributed by atoms with Crippen LogP contribution in [0.3, 0.4) is 0 Å². The highest BCUT2D eigenvalue weighted by atomic mass is 32.1. The van der Waals surface area contributed by atoms with Gasteiger partial charge in [0.25, 0.3) is 5.69 Å². The lowest BCUT2D eigenvalue weighted by atomic mass is 9.96. The van der Waals surface area contributed by atoms with E-state index in [1.54, 1.807) is 25.4 Å². The highest BCUT2D eigenvalue weighted by molar-refractivity contribution is 7.80. The summed E-state index contributed by atoms with van der Waals surface area (Å²) >= 11 is 5.82. The quantitative estimate of drug-likeness (QED) is 0.283. The van der Waals surface area contributed by atoms with Gasteiger partial charge < -0.3 is 24.3 Å². The number of ether oxygens (including phenoxy) is 2. The van der Waals surface area contributed by atoms with Crippen molar-refractivity contribution in [2.75, 3.05) is 20.3 Å². The van der Waals surface area contributed by atoms with Gasteiger partial charge in [-0.1, -0.05) is 6.07 Å². The fraction of sp³-hybridized carbons (Fsp3) is 0.385. The first-order valence-corrected chi connectivity index (χ1v) is 12.4. The number of nitro groups is 1. The lowest BCUT2D eigenvalue weighted by Gasteiger charge is -2.30. The zero-order valence-corrected chi connectivity index (χ0v) is 21.3. The van der Waals surface area contributed by atoms with Crippen LogP contribution in [0.4, 0.5) is 5.69 Å². The number of methoxy groups -OCH3 is 1. The van der Waals surface area contributed by atoms with E-state index >= 15 is 0 Å². The van der Waals surface area contributed by atoms with Crippen molar-refractivity contribution < 1.29 is 14.4 Å². The molecule has 2 aliphatic rings. The van der Waals surface area contributed by atoms with Crippen LogP contribution < -0.4 is 10.1 Å². The number of hydrogen-bond donors (Lipinski definition) is 1. The Balaban J connectivity index is 1.63. The Morgan fingerprint density at radius 2 is 2.11 bits per heavy atom. The molecule has 0 radical (unpaired) electrons. The Hall–Kier alpha value is -3.50. The number of hydrogen-bond acceptors (Lipinski definition) is 6. The minimum absolute atomic E-state index is 0.00920. The summed E-state index contributed by atoms with van der Waals surface area (Å²) in [6.45, 7) is 5.48. The zero-order valence-electron chi connectivity index (χ0n) is 20.5. The monoisotopic (exact) mass is 507 g/mol. The van der Waals surface area contributed by atoms with E-state index in [0.29, 0.717) is 23.1 Å². The number of benzene rings is 1. The molecule has 0 bridgehead atoms. The maximum atomic E-state index is 11.5. The number of non-ortho nitro benzene ring substituents is 1. The topological polar surface area (TPSA) is 94.7 Å². The van der Waals surface area contributed by atoms with Crippen molar-refractivity contribution >= 4 is 23.0 Å². The van der Waals surface area contributed by atoms with Crippen molar-refractivity contribution in [2.45, 2.75) is 44.9 Å². The fourth-order valence-electron chi connectivity index (χ4n) is 5.37. The molecule has 2 aliphatic heterocycles. The standard InChI is InChI=1S/C26H29N5O4S/c1-16-13-20(17(2)30(16)22-14-18(31(32)33)9-10-23(22)34-3)25-24(21-8-4-5-11-27-21)28-26(36)29(25)15-19-7-6-12-35-19/h4-5,8-11,13-14,19,24-25H,6-7,12,15H2,1-3H3,(H,28,36)/t19-,24+,25-/m1/s1. The summed E-state index contributed by atoms with van der Waals surface area (Å²) < 4.78 is 13.6. The first-order valence-electron chi connectivity index (χ1n) is 12.0. The second-order valence-corrected chi connectivity index (χ2v) is 9.58. The van der Waals surface area contributed by atoms with Crippen molar-refractivity contribution in [2.24, 2.45) is 0 Å². The van der Waals surface area contributed by atoms with E-state index in [1.165, 1.54) is 6.07 Å². The largest absolute Gasteiger partial charge is 0.495 e. The molecule has 0 amide bonds. The van der Waals surface area contributed by atoms with Gasteiger partial charge in [0.05, 0.1) is 41.6 Å². The van der Waals surface area contributed by atoms with E-state index in [4.69, 9.17) is 21.7 Å². The van der Waals surface area contributed by atoms with Gasteiger partial charge in [0.2, 0.25) is 0 Å². The SMILES string of the molecule is COc1ccc([N+](=O)[O-])cc1-n1c(C)cc([C@@H]2[C@H](c3ccccn3)NC(=S)N2C[C@H]2CCCO2)c1C. The van der Waals surface area contributed by atoms with Crippen molar-refractivity contribution in [3.05, 3.63) is 81.4 Å². The molecule has 9 nitrogen and oxygen atoms in total. The number of aromatic nitrogens is 2. The average Bonchev–Trinajstić information content (AvgIpc) is 3.58. The first-order chi connectivity index (χ1) is 17.4. The van der Waals surface area contributed by atoms with Crippen LogP contribution in [0.5, 0.6) is 5.75 Å². The minimum atomic E-state index is -0.391. The Kier molecular flexibility index (Phi) is 6.63. The number of nitrogens with zero attached hydrogens (tertiary/aromatic N) is 4. The number of thiocarbonyl (C=S) groups is 1. The number of rotatable bonds is 7. The molecule has 10 heteroatoms. The van der Waals surface area contributed by atoms with Crippen LogP contribution in [0.2, 0.25) is 0 Å². The van der Waals surface area contributed by atoms with Crippen molar-refractivity contribution in [1.82, 2.24) is 19.8 Å². The molecule has 1 aromatic carbocycles. The second kappa shape index (κ2) is 9.87. The number of nitro benzene ring substituents is 1. The molecular weight excluding hydrogens is 478 g/mol. The first kappa shape index (κ1) is 24.2. The van der Waals surface area contributed by atoms with Crippen LogP contribution in [0.15, 0.2) is 48.7 Å². The average molecular weight is 508 g/mol. The van der Waals surface area contributed by atoms with E-state index in [2.05, 4.69) is 21.3 Å². The molecule has 0 unspecified atom stereocenters. The molecule has 188 valence electrons. The van der Waals surface area contributed by atoms with Gasteiger partial charge in [-0.15, -0.1) is 0 Å². The van der Waals surface area contributed by atoms with Gasteiger partial charge in [0.15, 0.2) is 5.11 Å². The summed E-state index contributed by atoms with van der Waals surface area (Å²) in [6.07, 6.45) is 3.96. The molecule has 36 heavy (non-hydrogen) atoms.